The molecule has 0 amide bonds. The molecule has 17 heavy (non-hydrogen) atoms. The first kappa shape index (κ1) is 14.6. The van der Waals surface area contributed by atoms with Gasteiger partial charge in [-0.05, 0) is 30.2 Å². The second kappa shape index (κ2) is 5.45. The summed E-state index contributed by atoms with van der Waals surface area (Å²) in [5, 5.41) is 10.4. The van der Waals surface area contributed by atoms with Crippen molar-refractivity contribution in [1.29, 1.82) is 0 Å². The molecular weight excluding hydrogens is 308 g/mol. The summed E-state index contributed by atoms with van der Waals surface area (Å²) in [5.41, 5.74) is 1.15. The van der Waals surface area contributed by atoms with Crippen LogP contribution in [0.5, 0.6) is 0 Å². The molecule has 0 bridgehead atoms. The first-order chi connectivity index (χ1) is 7.77. The zero-order chi connectivity index (χ0) is 13.2. The van der Waals surface area contributed by atoms with Gasteiger partial charge < -0.3 is 5.11 Å². The van der Waals surface area contributed by atoms with Gasteiger partial charge in [-0.3, -0.25) is 0 Å². The van der Waals surface area contributed by atoms with Crippen LogP contribution in [0, 0.1) is 6.92 Å². The standard InChI is InChI=1S/C10H15BrN2O3S/c1-7-9(11)4-8(6-14)5-10(7)17(15,16)12-13(2)3/h4-5,12,14H,6H2,1-3H3. The number of aliphatic hydroxyl groups excluding tert-OH is 1. The molecule has 0 atom stereocenters. The summed E-state index contributed by atoms with van der Waals surface area (Å²) in [5.74, 6) is 0. The van der Waals surface area contributed by atoms with E-state index in [-0.39, 0.29) is 11.5 Å². The van der Waals surface area contributed by atoms with Crippen LogP contribution in [0.25, 0.3) is 0 Å². The number of benzene rings is 1. The number of nitrogens with one attached hydrogen (secondary N) is 1. The fraction of sp³-hybridized carbons (Fsp3) is 0.400. The quantitative estimate of drug-likeness (QED) is 0.811. The number of hydrazine groups is 1. The molecule has 2 N–H and O–H groups in total. The number of sulfonamides is 1. The lowest BCUT2D eigenvalue weighted by Gasteiger charge is -2.15. The predicted molar refractivity (Wildman–Crippen MR) is 68.8 cm³/mol. The summed E-state index contributed by atoms with van der Waals surface area (Å²) in [6.07, 6.45) is 0. The first-order valence-corrected chi connectivity index (χ1v) is 7.15. The van der Waals surface area contributed by atoms with Crippen LogP contribution in [0.1, 0.15) is 11.1 Å². The highest BCUT2D eigenvalue weighted by molar-refractivity contribution is 9.10. The van der Waals surface area contributed by atoms with Crippen molar-refractivity contribution in [2.45, 2.75) is 18.4 Å². The summed E-state index contributed by atoms with van der Waals surface area (Å²) >= 11 is 3.28. The van der Waals surface area contributed by atoms with Crippen LogP contribution in [0.2, 0.25) is 0 Å². The third-order valence-corrected chi connectivity index (χ3v) is 4.56. The predicted octanol–water partition coefficient (Wildman–Crippen LogP) is 1.00. The van der Waals surface area contributed by atoms with E-state index in [0.717, 1.165) is 0 Å². The summed E-state index contributed by atoms with van der Waals surface area (Å²) in [6.45, 7) is 1.50. The minimum absolute atomic E-state index is 0.157. The fourth-order valence-corrected chi connectivity index (χ4v) is 3.40. The Morgan fingerprint density at radius 1 is 1.41 bits per heavy atom. The molecule has 0 spiro atoms. The maximum Gasteiger partial charge on any atom is 0.253 e. The van der Waals surface area contributed by atoms with Crippen LogP contribution in [-0.4, -0.2) is 32.6 Å². The third-order valence-electron chi connectivity index (χ3n) is 2.13. The summed E-state index contributed by atoms with van der Waals surface area (Å²) < 4.78 is 24.7. The van der Waals surface area contributed by atoms with Crippen LogP contribution >= 0.6 is 15.9 Å². The first-order valence-electron chi connectivity index (χ1n) is 4.87. The highest BCUT2D eigenvalue weighted by Crippen LogP contribution is 2.25. The van der Waals surface area contributed by atoms with Gasteiger partial charge >= 0.3 is 0 Å². The van der Waals surface area contributed by atoms with E-state index in [1.807, 2.05) is 0 Å². The highest BCUT2D eigenvalue weighted by atomic mass is 79.9. The molecule has 5 nitrogen and oxygen atoms in total. The summed E-state index contributed by atoms with van der Waals surface area (Å²) in [4.78, 5) is 2.51. The van der Waals surface area contributed by atoms with Gasteiger partial charge in [0.1, 0.15) is 0 Å². The van der Waals surface area contributed by atoms with Crippen LogP contribution < -0.4 is 4.83 Å². The molecule has 1 aromatic carbocycles. The van der Waals surface area contributed by atoms with Gasteiger partial charge in [-0.25, -0.2) is 13.4 Å². The number of nitrogens with zero attached hydrogens (tertiary/aromatic N) is 1. The normalized spacial score (nSPS) is 12.1. The number of aliphatic hydroxyl groups is 1. The van der Waals surface area contributed by atoms with Gasteiger partial charge in [0.25, 0.3) is 10.0 Å². The van der Waals surface area contributed by atoms with Crippen molar-refractivity contribution < 1.29 is 13.5 Å². The highest BCUT2D eigenvalue weighted by Gasteiger charge is 2.19. The maximum atomic E-state index is 12.0. The minimum Gasteiger partial charge on any atom is -0.392 e. The lowest BCUT2D eigenvalue weighted by molar-refractivity contribution is 0.281. The molecule has 1 rings (SSSR count). The SMILES string of the molecule is Cc1c(Br)cc(CO)cc1S(=O)(=O)NN(C)C. The number of halogens is 1. The van der Waals surface area contributed by atoms with Crippen molar-refractivity contribution >= 4 is 26.0 Å². The molecule has 0 saturated heterocycles. The second-order valence-electron chi connectivity index (χ2n) is 3.85. The van der Waals surface area contributed by atoms with Gasteiger partial charge in [-0.15, -0.1) is 4.83 Å². The van der Waals surface area contributed by atoms with Crippen molar-refractivity contribution in [1.82, 2.24) is 9.84 Å². The molecule has 0 fully saturated rings. The Hall–Kier alpha value is -0.470. The van der Waals surface area contributed by atoms with Crippen LogP contribution in [0.4, 0.5) is 0 Å². The van der Waals surface area contributed by atoms with E-state index in [1.165, 1.54) is 11.1 Å². The summed E-state index contributed by atoms with van der Waals surface area (Å²) in [7, 11) is -0.420. The molecule has 0 saturated carbocycles. The van der Waals surface area contributed by atoms with E-state index in [0.29, 0.717) is 15.6 Å². The van der Waals surface area contributed by atoms with Gasteiger partial charge in [0.15, 0.2) is 0 Å². The van der Waals surface area contributed by atoms with Crippen molar-refractivity contribution in [2.75, 3.05) is 14.1 Å². The van der Waals surface area contributed by atoms with Gasteiger partial charge in [-0.2, -0.15) is 0 Å². The van der Waals surface area contributed by atoms with Crippen molar-refractivity contribution in [3.63, 3.8) is 0 Å². The Morgan fingerprint density at radius 3 is 2.47 bits per heavy atom. The Balaban J connectivity index is 3.35. The van der Waals surface area contributed by atoms with Gasteiger partial charge in [0.2, 0.25) is 0 Å². The third kappa shape index (κ3) is 3.49. The van der Waals surface area contributed by atoms with E-state index in [9.17, 15) is 8.42 Å². The smallest absolute Gasteiger partial charge is 0.253 e. The van der Waals surface area contributed by atoms with E-state index < -0.39 is 10.0 Å². The molecule has 0 heterocycles. The van der Waals surface area contributed by atoms with Crippen LogP contribution in [0.3, 0.4) is 0 Å². The largest absolute Gasteiger partial charge is 0.392 e. The van der Waals surface area contributed by atoms with Crippen molar-refractivity contribution in [2.24, 2.45) is 0 Å². The molecule has 96 valence electrons. The molecule has 0 aliphatic carbocycles. The van der Waals surface area contributed by atoms with Gasteiger partial charge in [-0.1, -0.05) is 15.9 Å². The maximum absolute atomic E-state index is 12.0. The zero-order valence-electron chi connectivity index (χ0n) is 9.86. The monoisotopic (exact) mass is 322 g/mol. The molecule has 0 aliphatic rings. The average molecular weight is 323 g/mol. The molecule has 0 radical (unpaired) electrons. The van der Waals surface area contributed by atoms with E-state index in [2.05, 4.69) is 20.8 Å². The Labute approximate surface area is 110 Å². The van der Waals surface area contributed by atoms with Gasteiger partial charge in [0, 0.05) is 18.6 Å². The van der Waals surface area contributed by atoms with E-state index >= 15 is 0 Å². The van der Waals surface area contributed by atoms with E-state index in [1.54, 1.807) is 27.1 Å². The van der Waals surface area contributed by atoms with Crippen LogP contribution in [-0.2, 0) is 16.6 Å². The Kier molecular flexibility index (Phi) is 4.68. The Morgan fingerprint density at radius 2 is 2.00 bits per heavy atom. The molecule has 0 aliphatic heterocycles. The average Bonchev–Trinajstić information content (AvgIpc) is 2.19. The zero-order valence-corrected chi connectivity index (χ0v) is 12.3. The lowest BCUT2D eigenvalue weighted by Crippen LogP contribution is -2.36. The molecule has 0 unspecified atom stereocenters. The minimum atomic E-state index is -3.61. The van der Waals surface area contributed by atoms with E-state index in [4.69, 9.17) is 5.11 Å². The Bertz CT molecular complexity index is 515. The topological polar surface area (TPSA) is 69.6 Å². The molecule has 1 aromatic rings. The fourth-order valence-electron chi connectivity index (χ4n) is 1.37. The molecular formula is C10H15BrN2O3S. The number of hydrogen-bond acceptors (Lipinski definition) is 4. The number of hydrogen-bond donors (Lipinski definition) is 2. The number of rotatable bonds is 4. The summed E-state index contributed by atoms with van der Waals surface area (Å²) in [6, 6.07) is 3.16. The second-order valence-corrected chi connectivity index (χ2v) is 6.33. The van der Waals surface area contributed by atoms with Gasteiger partial charge in [0.05, 0.1) is 11.5 Å². The van der Waals surface area contributed by atoms with Crippen LogP contribution in [0.15, 0.2) is 21.5 Å². The van der Waals surface area contributed by atoms with Crippen molar-refractivity contribution in [3.05, 3.63) is 27.7 Å². The molecule has 0 aromatic heterocycles. The molecule has 7 heteroatoms. The lowest BCUT2D eigenvalue weighted by atomic mass is 10.2. The van der Waals surface area contributed by atoms with Crippen molar-refractivity contribution in [3.8, 4) is 0 Å².